The maximum atomic E-state index is 12.7. The maximum Gasteiger partial charge on any atom is 0.323 e. The van der Waals surface area contributed by atoms with Gasteiger partial charge < -0.3 is 15.3 Å². The molecule has 3 rings (SSSR count). The van der Waals surface area contributed by atoms with Gasteiger partial charge in [0.25, 0.3) is 0 Å². The highest BCUT2D eigenvalue weighted by molar-refractivity contribution is 7.89. The highest BCUT2D eigenvalue weighted by Gasteiger charge is 2.28. The summed E-state index contributed by atoms with van der Waals surface area (Å²) in [4.78, 5) is 29.3. The number of hydrogen-bond donors (Lipinski definition) is 4. The summed E-state index contributed by atoms with van der Waals surface area (Å²) in [5.41, 5.74) is 1.21. The van der Waals surface area contributed by atoms with Crippen molar-refractivity contribution in [2.24, 2.45) is 5.92 Å². The first-order valence-electron chi connectivity index (χ1n) is 8.46. The van der Waals surface area contributed by atoms with Crippen LogP contribution in [0.1, 0.15) is 13.8 Å². The summed E-state index contributed by atoms with van der Waals surface area (Å²) in [6, 6.07) is 9.65. The number of hydrogen-bond acceptors (Lipinski definition) is 4. The first-order chi connectivity index (χ1) is 13.2. The van der Waals surface area contributed by atoms with E-state index in [1.165, 1.54) is 18.2 Å². The zero-order valence-corrected chi connectivity index (χ0v) is 16.7. The molecule has 0 saturated carbocycles. The van der Waals surface area contributed by atoms with Gasteiger partial charge in [-0.25, -0.2) is 13.2 Å². The third-order valence-corrected chi connectivity index (χ3v) is 5.80. The number of amides is 1. The van der Waals surface area contributed by atoms with E-state index in [1.807, 2.05) is 0 Å². The number of sulfonamides is 1. The Labute approximate surface area is 166 Å². The molecule has 0 saturated heterocycles. The van der Waals surface area contributed by atoms with Crippen LogP contribution in [0.3, 0.4) is 0 Å². The topological polar surface area (TPSA) is 124 Å². The Morgan fingerprint density at radius 1 is 1.07 bits per heavy atom. The second kappa shape index (κ2) is 7.78. The van der Waals surface area contributed by atoms with Gasteiger partial charge in [-0.3, -0.25) is 4.79 Å². The number of anilines is 1. The van der Waals surface area contributed by atoms with Gasteiger partial charge in [0, 0.05) is 10.7 Å². The fraction of sp³-hybridized carbons (Fsp3) is 0.222. The number of carbonyl (C=O) groups excluding carboxylic acids is 1. The van der Waals surface area contributed by atoms with Crippen LogP contribution in [0.15, 0.2) is 52.2 Å². The molecular weight excluding hydrogens is 404 g/mol. The molecule has 1 aromatic heterocycles. The summed E-state index contributed by atoms with van der Waals surface area (Å²) in [5, 5.41) is 2.96. The van der Waals surface area contributed by atoms with Gasteiger partial charge in [0.05, 0.1) is 15.9 Å². The van der Waals surface area contributed by atoms with Gasteiger partial charge >= 0.3 is 5.69 Å². The summed E-state index contributed by atoms with van der Waals surface area (Å²) < 4.78 is 27.7. The van der Waals surface area contributed by atoms with E-state index in [0.29, 0.717) is 16.7 Å². The van der Waals surface area contributed by atoms with Gasteiger partial charge in [0.2, 0.25) is 15.9 Å². The molecule has 0 bridgehead atoms. The molecule has 0 spiro atoms. The quantitative estimate of drug-likeness (QED) is 0.487. The van der Waals surface area contributed by atoms with Crippen LogP contribution in [-0.4, -0.2) is 30.3 Å². The van der Waals surface area contributed by atoms with Gasteiger partial charge in [-0.1, -0.05) is 31.5 Å². The number of aromatic amines is 2. The fourth-order valence-corrected chi connectivity index (χ4v) is 4.34. The van der Waals surface area contributed by atoms with E-state index >= 15 is 0 Å². The monoisotopic (exact) mass is 422 g/mol. The fourth-order valence-electron chi connectivity index (χ4n) is 2.69. The molecule has 1 amide bonds. The van der Waals surface area contributed by atoms with Crippen molar-refractivity contribution in [3.8, 4) is 0 Å². The normalized spacial score (nSPS) is 13.0. The van der Waals surface area contributed by atoms with Crippen LogP contribution in [0.4, 0.5) is 5.69 Å². The van der Waals surface area contributed by atoms with Crippen molar-refractivity contribution in [2.75, 3.05) is 5.32 Å². The van der Waals surface area contributed by atoms with Crippen molar-refractivity contribution in [1.29, 1.82) is 0 Å². The lowest BCUT2D eigenvalue weighted by Crippen LogP contribution is -2.47. The standard InChI is InChI=1S/C18H19ClN4O4S/c1-10(2)16(23-28(26,27)13-5-3-4-11(19)8-13)17(24)20-12-6-7-14-15(9-12)22-18(25)21-14/h3-10,16,23H,1-2H3,(H,20,24)(H2,21,22,25)/t16-/m1/s1. The third-order valence-electron chi connectivity index (χ3n) is 4.12. The van der Waals surface area contributed by atoms with Crippen LogP contribution < -0.4 is 15.7 Å². The molecule has 0 aliphatic rings. The molecule has 4 N–H and O–H groups in total. The van der Waals surface area contributed by atoms with Crippen molar-refractivity contribution >= 4 is 44.3 Å². The second-order valence-corrected chi connectivity index (χ2v) is 8.78. The number of benzene rings is 2. The summed E-state index contributed by atoms with van der Waals surface area (Å²) >= 11 is 5.87. The zero-order valence-electron chi connectivity index (χ0n) is 15.1. The van der Waals surface area contributed by atoms with Gasteiger partial charge in [0.1, 0.15) is 6.04 Å². The molecule has 10 heteroatoms. The average Bonchev–Trinajstić information content (AvgIpc) is 2.98. The van der Waals surface area contributed by atoms with E-state index in [9.17, 15) is 18.0 Å². The number of fused-ring (bicyclic) bond motifs is 1. The van der Waals surface area contributed by atoms with Crippen LogP contribution >= 0.6 is 11.6 Å². The van der Waals surface area contributed by atoms with Gasteiger partial charge in [-0.15, -0.1) is 0 Å². The average molecular weight is 423 g/mol. The molecule has 0 aliphatic carbocycles. The highest BCUT2D eigenvalue weighted by atomic mass is 35.5. The van der Waals surface area contributed by atoms with E-state index in [1.54, 1.807) is 38.1 Å². The summed E-state index contributed by atoms with van der Waals surface area (Å²) in [6.45, 7) is 3.47. The summed E-state index contributed by atoms with van der Waals surface area (Å²) in [7, 11) is -3.94. The molecule has 0 unspecified atom stereocenters. The van der Waals surface area contributed by atoms with Crippen molar-refractivity contribution in [3.63, 3.8) is 0 Å². The Morgan fingerprint density at radius 3 is 2.46 bits per heavy atom. The highest BCUT2D eigenvalue weighted by Crippen LogP contribution is 2.19. The second-order valence-electron chi connectivity index (χ2n) is 6.63. The minimum atomic E-state index is -3.94. The number of carbonyl (C=O) groups is 1. The van der Waals surface area contributed by atoms with E-state index in [4.69, 9.17) is 11.6 Å². The first kappa shape index (κ1) is 20.1. The summed E-state index contributed by atoms with van der Waals surface area (Å²) in [6.07, 6.45) is 0. The molecule has 0 aliphatic heterocycles. The number of H-pyrrole nitrogens is 2. The Hall–Kier alpha value is -2.62. The van der Waals surface area contributed by atoms with Crippen molar-refractivity contribution in [2.45, 2.75) is 24.8 Å². The lowest BCUT2D eigenvalue weighted by Gasteiger charge is -2.21. The Morgan fingerprint density at radius 2 is 1.79 bits per heavy atom. The van der Waals surface area contributed by atoms with Gasteiger partial charge in [-0.05, 0) is 42.3 Å². The molecule has 1 atom stereocenters. The van der Waals surface area contributed by atoms with Crippen molar-refractivity contribution < 1.29 is 13.2 Å². The molecule has 3 aromatic rings. The zero-order chi connectivity index (χ0) is 20.5. The van der Waals surface area contributed by atoms with E-state index in [-0.39, 0.29) is 21.5 Å². The van der Waals surface area contributed by atoms with Crippen LogP contribution in [0.5, 0.6) is 0 Å². The smallest absolute Gasteiger partial charge is 0.323 e. The minimum Gasteiger partial charge on any atom is -0.325 e. The van der Waals surface area contributed by atoms with Crippen LogP contribution in [0.25, 0.3) is 11.0 Å². The van der Waals surface area contributed by atoms with Gasteiger partial charge in [0.15, 0.2) is 0 Å². The largest absolute Gasteiger partial charge is 0.325 e. The Balaban J connectivity index is 1.82. The van der Waals surface area contributed by atoms with Crippen molar-refractivity contribution in [1.82, 2.24) is 14.7 Å². The molecule has 8 nitrogen and oxygen atoms in total. The number of halogens is 1. The summed E-state index contributed by atoms with van der Waals surface area (Å²) in [5.74, 6) is -0.831. The molecule has 2 aromatic carbocycles. The number of imidazole rings is 1. The predicted octanol–water partition coefficient (Wildman–Crippen LogP) is 2.45. The maximum absolute atomic E-state index is 12.7. The molecule has 1 heterocycles. The molecular formula is C18H19ClN4O4S. The van der Waals surface area contributed by atoms with Crippen molar-refractivity contribution in [3.05, 3.63) is 58.0 Å². The van der Waals surface area contributed by atoms with Gasteiger partial charge in [-0.2, -0.15) is 4.72 Å². The lowest BCUT2D eigenvalue weighted by molar-refractivity contribution is -0.118. The Kier molecular flexibility index (Phi) is 5.59. The van der Waals surface area contributed by atoms with E-state index < -0.39 is 22.0 Å². The van der Waals surface area contributed by atoms with E-state index in [0.717, 1.165) is 0 Å². The predicted molar refractivity (Wildman–Crippen MR) is 108 cm³/mol. The molecule has 28 heavy (non-hydrogen) atoms. The van der Waals surface area contributed by atoms with E-state index in [2.05, 4.69) is 20.0 Å². The first-order valence-corrected chi connectivity index (χ1v) is 10.3. The molecule has 0 radical (unpaired) electrons. The number of nitrogens with one attached hydrogen (secondary N) is 4. The number of rotatable bonds is 6. The van der Waals surface area contributed by atoms with Crippen LogP contribution in [0.2, 0.25) is 5.02 Å². The molecule has 0 fully saturated rings. The SMILES string of the molecule is CC(C)[C@@H](NS(=O)(=O)c1cccc(Cl)c1)C(=O)Nc1ccc2[nH]c(=O)[nH]c2c1. The third kappa shape index (κ3) is 4.44. The minimum absolute atomic E-state index is 0.0234. The lowest BCUT2D eigenvalue weighted by atomic mass is 10.0. The molecule has 148 valence electrons. The van der Waals surface area contributed by atoms with Crippen LogP contribution in [0, 0.1) is 5.92 Å². The number of aromatic nitrogens is 2. The Bertz CT molecular complexity index is 1180. The van der Waals surface area contributed by atoms with Crippen LogP contribution in [-0.2, 0) is 14.8 Å².